The molecule has 90 valence electrons. The maximum atomic E-state index is 13.2. The number of rotatable bonds is 1. The largest absolute Gasteiger partial charge is 0.503 e. The smallest absolute Gasteiger partial charge is 0.186 e. The maximum Gasteiger partial charge on any atom is 0.186 e. The van der Waals surface area contributed by atoms with Gasteiger partial charge in [-0.15, -0.1) is 0 Å². The summed E-state index contributed by atoms with van der Waals surface area (Å²) in [6.45, 7) is 2.92. The average Bonchev–Trinajstić information content (AvgIpc) is 2.80. The predicted octanol–water partition coefficient (Wildman–Crippen LogP) is 1.98. The van der Waals surface area contributed by atoms with Gasteiger partial charge in [-0.2, -0.15) is 0 Å². The van der Waals surface area contributed by atoms with Crippen LogP contribution in [0, 0.1) is 5.82 Å². The number of phenols is 1. The van der Waals surface area contributed by atoms with Gasteiger partial charge in [0.05, 0.1) is 17.9 Å². The third-order valence-corrected chi connectivity index (χ3v) is 3.84. The summed E-state index contributed by atoms with van der Waals surface area (Å²) in [4.78, 5) is 6.38. The number of anilines is 1. The Balaban J connectivity index is 2.04. The third kappa shape index (κ3) is 1.83. The summed E-state index contributed by atoms with van der Waals surface area (Å²) in [5.41, 5.74) is 0.344. The van der Waals surface area contributed by atoms with Crippen molar-refractivity contribution >= 4 is 26.7 Å². The van der Waals surface area contributed by atoms with Crippen molar-refractivity contribution in [1.82, 2.24) is 4.98 Å². The van der Waals surface area contributed by atoms with Gasteiger partial charge in [0.2, 0.25) is 0 Å². The zero-order valence-corrected chi connectivity index (χ0v) is 9.84. The van der Waals surface area contributed by atoms with Crippen molar-refractivity contribution in [1.29, 1.82) is 0 Å². The number of aromatic nitrogens is 1. The number of nitrogens with zero attached hydrogens (tertiary/aromatic N) is 2. The molecule has 2 heterocycles. The molecule has 0 radical (unpaired) electrons. The summed E-state index contributed by atoms with van der Waals surface area (Å²) in [6, 6.07) is 2.91. The average molecular weight is 254 g/mol. The fraction of sp³-hybridized carbons (Fsp3) is 0.364. The molecule has 1 N–H and O–H groups in total. The second-order valence-corrected chi connectivity index (χ2v) is 4.85. The lowest BCUT2D eigenvalue weighted by atomic mass is 10.3. The Morgan fingerprint density at radius 1 is 1.35 bits per heavy atom. The minimum Gasteiger partial charge on any atom is -0.503 e. The molecule has 0 amide bonds. The summed E-state index contributed by atoms with van der Waals surface area (Å²) in [7, 11) is 0. The van der Waals surface area contributed by atoms with Gasteiger partial charge in [-0.3, -0.25) is 0 Å². The molecule has 0 saturated carbocycles. The van der Waals surface area contributed by atoms with Gasteiger partial charge in [0.25, 0.3) is 0 Å². The molecule has 1 aromatic carbocycles. The Labute approximate surface area is 101 Å². The van der Waals surface area contributed by atoms with E-state index >= 15 is 0 Å². The van der Waals surface area contributed by atoms with E-state index in [9.17, 15) is 9.50 Å². The molecule has 1 saturated heterocycles. The molecule has 3 rings (SSSR count). The minimum atomic E-state index is -0.628. The second-order valence-electron chi connectivity index (χ2n) is 3.84. The molecule has 1 aliphatic rings. The number of thiazole rings is 1. The van der Waals surface area contributed by atoms with E-state index in [1.807, 2.05) is 0 Å². The van der Waals surface area contributed by atoms with E-state index in [0.29, 0.717) is 18.7 Å². The van der Waals surface area contributed by atoms with Crippen LogP contribution in [0.5, 0.6) is 5.75 Å². The summed E-state index contributed by atoms with van der Waals surface area (Å²) < 4.78 is 19.2. The van der Waals surface area contributed by atoms with Crippen LogP contribution in [0.15, 0.2) is 12.1 Å². The van der Waals surface area contributed by atoms with Crippen LogP contribution in [0.3, 0.4) is 0 Å². The van der Waals surface area contributed by atoms with Crippen molar-refractivity contribution in [2.75, 3.05) is 31.2 Å². The molecule has 1 aliphatic heterocycles. The monoisotopic (exact) mass is 254 g/mol. The molecule has 0 spiro atoms. The molecule has 0 atom stereocenters. The summed E-state index contributed by atoms with van der Waals surface area (Å²) >= 11 is 1.46. The Kier molecular flexibility index (Phi) is 2.60. The van der Waals surface area contributed by atoms with Gasteiger partial charge in [-0.05, 0) is 12.1 Å². The Morgan fingerprint density at radius 2 is 2.12 bits per heavy atom. The summed E-state index contributed by atoms with van der Waals surface area (Å²) in [5.74, 6) is -0.991. The SMILES string of the molecule is Oc1c(F)ccc2sc(N3CCOCC3)nc12. The lowest BCUT2D eigenvalue weighted by Gasteiger charge is -2.25. The van der Waals surface area contributed by atoms with Crippen LogP contribution in [0.25, 0.3) is 10.2 Å². The number of benzene rings is 1. The normalized spacial score (nSPS) is 16.6. The van der Waals surface area contributed by atoms with Gasteiger partial charge < -0.3 is 14.7 Å². The van der Waals surface area contributed by atoms with Crippen molar-refractivity contribution in [2.24, 2.45) is 0 Å². The number of fused-ring (bicyclic) bond motifs is 1. The zero-order valence-electron chi connectivity index (χ0n) is 9.02. The first-order valence-corrected chi connectivity index (χ1v) is 6.18. The number of phenolic OH excluding ortho intramolecular Hbond substituents is 1. The lowest BCUT2D eigenvalue weighted by Crippen LogP contribution is -2.36. The molecule has 0 bridgehead atoms. The van der Waals surface area contributed by atoms with Crippen LogP contribution in [0.1, 0.15) is 0 Å². The highest BCUT2D eigenvalue weighted by Crippen LogP contribution is 2.35. The molecule has 1 aromatic heterocycles. The predicted molar refractivity (Wildman–Crippen MR) is 64.3 cm³/mol. The minimum absolute atomic E-state index is 0.344. The molecule has 4 nitrogen and oxygen atoms in total. The number of halogens is 1. The molecular formula is C11H11FN2O2S. The molecule has 1 fully saturated rings. The molecule has 0 unspecified atom stereocenters. The Morgan fingerprint density at radius 3 is 2.88 bits per heavy atom. The van der Waals surface area contributed by atoms with Gasteiger partial charge in [0.15, 0.2) is 16.7 Å². The molecular weight excluding hydrogens is 243 g/mol. The number of aromatic hydroxyl groups is 1. The first-order valence-electron chi connectivity index (χ1n) is 5.36. The molecule has 6 heteroatoms. The van der Waals surface area contributed by atoms with Crippen molar-refractivity contribution < 1.29 is 14.2 Å². The van der Waals surface area contributed by atoms with Gasteiger partial charge in [0, 0.05) is 13.1 Å². The van der Waals surface area contributed by atoms with Crippen LogP contribution < -0.4 is 4.90 Å². The summed E-state index contributed by atoms with van der Waals surface area (Å²) in [5, 5.41) is 10.4. The highest BCUT2D eigenvalue weighted by molar-refractivity contribution is 7.22. The van der Waals surface area contributed by atoms with Crippen molar-refractivity contribution in [3.05, 3.63) is 17.9 Å². The lowest BCUT2D eigenvalue weighted by molar-refractivity contribution is 0.122. The second kappa shape index (κ2) is 4.12. The van der Waals surface area contributed by atoms with E-state index in [4.69, 9.17) is 4.74 Å². The quantitative estimate of drug-likeness (QED) is 0.845. The van der Waals surface area contributed by atoms with Crippen molar-refractivity contribution in [3.63, 3.8) is 0 Å². The van der Waals surface area contributed by atoms with Crippen LogP contribution in [0.2, 0.25) is 0 Å². The van der Waals surface area contributed by atoms with E-state index < -0.39 is 5.82 Å². The number of morpholine rings is 1. The van der Waals surface area contributed by atoms with Crippen molar-refractivity contribution in [2.45, 2.75) is 0 Å². The molecule has 2 aromatic rings. The van der Waals surface area contributed by atoms with E-state index in [-0.39, 0.29) is 5.75 Å². The number of hydrogen-bond acceptors (Lipinski definition) is 5. The fourth-order valence-electron chi connectivity index (χ4n) is 1.83. The van der Waals surface area contributed by atoms with Gasteiger partial charge in [-0.25, -0.2) is 9.37 Å². The molecule has 0 aliphatic carbocycles. The Hall–Kier alpha value is -1.40. The van der Waals surface area contributed by atoms with Gasteiger partial charge in [-0.1, -0.05) is 11.3 Å². The van der Waals surface area contributed by atoms with Gasteiger partial charge >= 0.3 is 0 Å². The maximum absolute atomic E-state index is 13.2. The number of hydrogen-bond donors (Lipinski definition) is 1. The van der Waals surface area contributed by atoms with Crippen LogP contribution in [0.4, 0.5) is 9.52 Å². The van der Waals surface area contributed by atoms with E-state index in [1.54, 1.807) is 6.07 Å². The highest BCUT2D eigenvalue weighted by atomic mass is 32.1. The number of ether oxygens (including phenoxy) is 1. The van der Waals surface area contributed by atoms with E-state index in [2.05, 4.69) is 9.88 Å². The van der Waals surface area contributed by atoms with Crippen LogP contribution in [-0.2, 0) is 4.74 Å². The first kappa shape index (κ1) is 10.7. The third-order valence-electron chi connectivity index (χ3n) is 2.76. The van der Waals surface area contributed by atoms with Crippen LogP contribution >= 0.6 is 11.3 Å². The Bertz CT molecular complexity index is 552. The van der Waals surface area contributed by atoms with Crippen LogP contribution in [-0.4, -0.2) is 36.4 Å². The first-order chi connectivity index (χ1) is 8.25. The summed E-state index contributed by atoms with van der Waals surface area (Å²) in [6.07, 6.45) is 0. The van der Waals surface area contributed by atoms with Crippen molar-refractivity contribution in [3.8, 4) is 5.75 Å². The van der Waals surface area contributed by atoms with Gasteiger partial charge in [0.1, 0.15) is 5.52 Å². The molecule has 17 heavy (non-hydrogen) atoms. The van der Waals surface area contributed by atoms with E-state index in [0.717, 1.165) is 22.9 Å². The zero-order chi connectivity index (χ0) is 11.8. The standard InChI is InChI=1S/C11H11FN2O2S/c12-7-1-2-8-9(10(7)15)13-11(17-8)14-3-5-16-6-4-14/h1-2,15H,3-6H2. The fourth-order valence-corrected chi connectivity index (χ4v) is 2.85. The van der Waals surface area contributed by atoms with E-state index in [1.165, 1.54) is 17.4 Å². The highest BCUT2D eigenvalue weighted by Gasteiger charge is 2.17. The topological polar surface area (TPSA) is 45.6 Å².